The Morgan fingerprint density at radius 3 is 1.75 bits per heavy atom. The predicted octanol–water partition coefficient (Wildman–Crippen LogP) is 4.58. The topological polar surface area (TPSA) is 0 Å². The minimum absolute atomic E-state index is 1.09. The zero-order valence-corrected chi connectivity index (χ0v) is 9.77. The highest BCUT2D eigenvalue weighted by Crippen LogP contribution is 2.09. The number of hydrogen-bond acceptors (Lipinski definition) is 0. The van der Waals surface area contributed by atoms with Crippen LogP contribution >= 0.6 is 0 Å². The van der Waals surface area contributed by atoms with Gasteiger partial charge in [0.25, 0.3) is 0 Å². The van der Waals surface area contributed by atoms with Crippen molar-refractivity contribution in [2.24, 2.45) is 0 Å². The summed E-state index contributed by atoms with van der Waals surface area (Å²) in [6.45, 7) is 5.89. The van der Waals surface area contributed by atoms with Crippen LogP contribution in [0.15, 0.2) is 67.2 Å². The van der Waals surface area contributed by atoms with E-state index in [1.807, 2.05) is 48.5 Å². The molecule has 0 spiro atoms. The quantitative estimate of drug-likeness (QED) is 0.680. The van der Waals surface area contributed by atoms with E-state index in [0.29, 0.717) is 0 Å². The lowest BCUT2D eigenvalue weighted by molar-refractivity contribution is 1.13. The van der Waals surface area contributed by atoms with Crippen LogP contribution in [0.5, 0.6) is 0 Å². The van der Waals surface area contributed by atoms with Crippen LogP contribution in [-0.4, -0.2) is 0 Å². The molecule has 0 saturated carbocycles. The highest BCUT2D eigenvalue weighted by molar-refractivity contribution is 5.51. The third-order valence-corrected chi connectivity index (χ3v) is 2.32. The fourth-order valence-corrected chi connectivity index (χ4v) is 1.44. The maximum absolute atomic E-state index is 3.74. The lowest BCUT2D eigenvalue weighted by atomic mass is 10.1. The molecule has 0 heterocycles. The summed E-state index contributed by atoms with van der Waals surface area (Å²) in [5.41, 5.74) is 2.63. The van der Waals surface area contributed by atoms with E-state index in [1.54, 1.807) is 0 Å². The second-order valence-electron chi connectivity index (χ2n) is 3.41. The van der Waals surface area contributed by atoms with Crippen LogP contribution < -0.4 is 0 Å². The van der Waals surface area contributed by atoms with Crippen LogP contribution in [0.1, 0.15) is 18.1 Å². The minimum atomic E-state index is 1.09. The van der Waals surface area contributed by atoms with Gasteiger partial charge in [-0.1, -0.05) is 80.2 Å². The first-order chi connectivity index (χ1) is 7.88. The fourth-order valence-electron chi connectivity index (χ4n) is 1.44. The van der Waals surface area contributed by atoms with Gasteiger partial charge in [0.1, 0.15) is 0 Å². The van der Waals surface area contributed by atoms with Gasteiger partial charge in [0.15, 0.2) is 0 Å². The molecule has 0 N–H and O–H groups in total. The lowest BCUT2D eigenvalue weighted by Crippen LogP contribution is -1.83. The maximum atomic E-state index is 3.74. The van der Waals surface area contributed by atoms with E-state index in [4.69, 9.17) is 0 Å². The first-order valence-corrected chi connectivity index (χ1v) is 5.58. The second kappa shape index (κ2) is 7.47. The van der Waals surface area contributed by atoms with Gasteiger partial charge >= 0.3 is 0 Å². The van der Waals surface area contributed by atoms with Crippen LogP contribution in [-0.2, 0) is 6.42 Å². The first-order valence-electron chi connectivity index (χ1n) is 5.58. The van der Waals surface area contributed by atoms with Crippen molar-refractivity contribution in [1.29, 1.82) is 0 Å². The van der Waals surface area contributed by atoms with Gasteiger partial charge in [-0.3, -0.25) is 0 Å². The molecule has 0 aromatic heterocycles. The predicted molar refractivity (Wildman–Crippen MR) is 72.4 cm³/mol. The Hall–Kier alpha value is -1.82. The molecule has 0 amide bonds. The summed E-state index contributed by atoms with van der Waals surface area (Å²) in [6, 6.07) is 20.3. The molecule has 0 heteroatoms. The molecule has 0 saturated heterocycles. The summed E-state index contributed by atoms with van der Waals surface area (Å²) < 4.78 is 0. The van der Waals surface area contributed by atoms with Crippen molar-refractivity contribution in [3.63, 3.8) is 0 Å². The summed E-state index contributed by atoms with van der Waals surface area (Å²) in [4.78, 5) is 0. The van der Waals surface area contributed by atoms with Crippen LogP contribution in [0.3, 0.4) is 0 Å². The first kappa shape index (κ1) is 12.3. The van der Waals surface area contributed by atoms with Gasteiger partial charge in [0.05, 0.1) is 0 Å². The van der Waals surface area contributed by atoms with Gasteiger partial charge in [-0.25, -0.2) is 0 Å². The molecule has 2 rings (SSSR count). The van der Waals surface area contributed by atoms with Crippen molar-refractivity contribution in [2.75, 3.05) is 0 Å². The van der Waals surface area contributed by atoms with E-state index >= 15 is 0 Å². The number of benzene rings is 2. The van der Waals surface area contributed by atoms with Crippen LogP contribution in [0.2, 0.25) is 0 Å². The third-order valence-electron chi connectivity index (χ3n) is 2.32. The number of aryl methyl sites for hydroxylation is 1. The summed E-state index contributed by atoms with van der Waals surface area (Å²) in [5, 5.41) is 0. The monoisotopic (exact) mass is 210 g/mol. The van der Waals surface area contributed by atoms with Gasteiger partial charge in [-0.15, -0.1) is 0 Å². The highest BCUT2D eigenvalue weighted by atomic mass is 14.0. The standard InChI is InChI=1S/C10H12.C6H6/c1-3-9-7-5-6-8-10(9)4-2;1-2-4-6-5-3-1/h3,5-8H,1,4H2,2H3;1-6H. The van der Waals surface area contributed by atoms with E-state index in [2.05, 4.69) is 31.7 Å². The molecule has 82 valence electrons. The Balaban J connectivity index is 0.000000181. The highest BCUT2D eigenvalue weighted by Gasteiger charge is 1.91. The van der Waals surface area contributed by atoms with E-state index in [0.717, 1.165) is 6.42 Å². The Labute approximate surface area is 98.3 Å². The smallest absolute Gasteiger partial charge is 0.0231 e. The van der Waals surface area contributed by atoms with Gasteiger partial charge in [0, 0.05) is 0 Å². The van der Waals surface area contributed by atoms with Gasteiger partial charge in [-0.2, -0.15) is 0 Å². The van der Waals surface area contributed by atoms with E-state index < -0.39 is 0 Å². The summed E-state index contributed by atoms with van der Waals surface area (Å²) in [6.07, 6.45) is 2.99. The number of hydrogen-bond donors (Lipinski definition) is 0. The van der Waals surface area contributed by atoms with E-state index in [1.165, 1.54) is 11.1 Å². The van der Waals surface area contributed by atoms with Crippen LogP contribution in [0, 0.1) is 0 Å². The molecule has 16 heavy (non-hydrogen) atoms. The Morgan fingerprint density at radius 2 is 1.38 bits per heavy atom. The van der Waals surface area contributed by atoms with Gasteiger partial charge < -0.3 is 0 Å². The molecule has 2 aromatic carbocycles. The Bertz CT molecular complexity index is 375. The SMILES string of the molecule is C=Cc1ccccc1CC.c1ccccc1. The van der Waals surface area contributed by atoms with E-state index in [9.17, 15) is 0 Å². The van der Waals surface area contributed by atoms with Gasteiger partial charge in [0.2, 0.25) is 0 Å². The molecule has 0 nitrogen and oxygen atoms in total. The lowest BCUT2D eigenvalue weighted by Gasteiger charge is -1.99. The number of rotatable bonds is 2. The minimum Gasteiger partial charge on any atom is -0.0985 e. The largest absolute Gasteiger partial charge is 0.0985 e. The summed E-state index contributed by atoms with van der Waals surface area (Å²) in [7, 11) is 0. The molecule has 0 fully saturated rings. The molecular weight excluding hydrogens is 192 g/mol. The molecule has 0 unspecified atom stereocenters. The Morgan fingerprint density at radius 1 is 0.875 bits per heavy atom. The molecule has 0 aliphatic heterocycles. The molecule has 0 radical (unpaired) electrons. The maximum Gasteiger partial charge on any atom is -0.0231 e. The average Bonchev–Trinajstić information content (AvgIpc) is 2.41. The molecule has 0 atom stereocenters. The fraction of sp³-hybridized carbons (Fsp3) is 0.125. The van der Waals surface area contributed by atoms with Crippen molar-refractivity contribution in [1.82, 2.24) is 0 Å². The molecule has 0 aliphatic carbocycles. The van der Waals surface area contributed by atoms with Crippen molar-refractivity contribution in [3.05, 3.63) is 78.4 Å². The van der Waals surface area contributed by atoms with Crippen LogP contribution in [0.4, 0.5) is 0 Å². The molecule has 2 aromatic rings. The molecule has 0 aliphatic rings. The third kappa shape index (κ3) is 4.14. The van der Waals surface area contributed by atoms with Crippen molar-refractivity contribution in [3.8, 4) is 0 Å². The second-order valence-corrected chi connectivity index (χ2v) is 3.41. The summed E-state index contributed by atoms with van der Waals surface area (Å²) in [5.74, 6) is 0. The normalized spacial score (nSPS) is 8.81. The van der Waals surface area contributed by atoms with Crippen molar-refractivity contribution < 1.29 is 0 Å². The zero-order valence-electron chi connectivity index (χ0n) is 9.77. The zero-order chi connectivity index (χ0) is 11.6. The summed E-state index contributed by atoms with van der Waals surface area (Å²) >= 11 is 0. The molecular formula is C16H18. The van der Waals surface area contributed by atoms with Crippen molar-refractivity contribution >= 4 is 6.08 Å². The van der Waals surface area contributed by atoms with Crippen LogP contribution in [0.25, 0.3) is 6.08 Å². The Kier molecular flexibility index (Phi) is 5.72. The van der Waals surface area contributed by atoms with Gasteiger partial charge in [-0.05, 0) is 17.5 Å². The molecule has 0 bridgehead atoms. The van der Waals surface area contributed by atoms with Crippen molar-refractivity contribution in [2.45, 2.75) is 13.3 Å². The van der Waals surface area contributed by atoms with E-state index in [-0.39, 0.29) is 0 Å². The average molecular weight is 210 g/mol.